The average Bonchev–Trinajstić information content (AvgIpc) is 2.48. The number of aromatic nitrogens is 2. The lowest BCUT2D eigenvalue weighted by molar-refractivity contribution is 0.224. The van der Waals surface area contributed by atoms with Crippen LogP contribution in [0.2, 0.25) is 0 Å². The number of rotatable bonds is 10. The van der Waals surface area contributed by atoms with Crippen molar-refractivity contribution in [1.82, 2.24) is 9.97 Å². The van der Waals surface area contributed by atoms with Crippen LogP contribution in [-0.4, -0.2) is 23.1 Å². The number of hydrogen-bond donors (Lipinski definition) is 1. The summed E-state index contributed by atoms with van der Waals surface area (Å²) in [6, 6.07) is 0. The Morgan fingerprint density at radius 1 is 1.20 bits per heavy atom. The molecule has 0 saturated heterocycles. The van der Waals surface area contributed by atoms with Crippen molar-refractivity contribution in [3.05, 3.63) is 11.9 Å². The number of nitrogens with one attached hydrogen (secondary N) is 1. The first-order chi connectivity index (χ1) is 9.76. The van der Waals surface area contributed by atoms with Crippen LogP contribution in [0.25, 0.3) is 0 Å². The van der Waals surface area contributed by atoms with Crippen molar-refractivity contribution in [2.24, 2.45) is 5.92 Å². The van der Waals surface area contributed by atoms with Crippen molar-refractivity contribution in [3.63, 3.8) is 0 Å². The van der Waals surface area contributed by atoms with Gasteiger partial charge in [0.15, 0.2) is 0 Å². The summed E-state index contributed by atoms with van der Waals surface area (Å²) in [6.45, 7) is 10.3. The van der Waals surface area contributed by atoms with Crippen molar-refractivity contribution in [3.8, 4) is 5.88 Å². The zero-order chi connectivity index (χ0) is 14.8. The molecule has 0 bridgehead atoms. The molecule has 0 spiro atoms. The van der Waals surface area contributed by atoms with E-state index in [1.165, 1.54) is 19.3 Å². The zero-order valence-corrected chi connectivity index (χ0v) is 13.4. The maximum absolute atomic E-state index is 5.97. The predicted molar refractivity (Wildman–Crippen MR) is 84.4 cm³/mol. The van der Waals surface area contributed by atoms with E-state index in [9.17, 15) is 0 Å². The van der Waals surface area contributed by atoms with Crippen molar-refractivity contribution in [1.29, 1.82) is 0 Å². The Bertz CT molecular complexity index is 382. The number of hydrogen-bond acceptors (Lipinski definition) is 4. The smallest absolute Gasteiger partial charge is 0.221 e. The molecule has 1 aromatic heterocycles. The fourth-order valence-corrected chi connectivity index (χ4v) is 2.25. The van der Waals surface area contributed by atoms with E-state index < -0.39 is 0 Å². The number of ether oxygens (including phenoxy) is 1. The third-order valence-electron chi connectivity index (χ3n) is 3.60. The SMILES string of the molecule is CCCCC(CC)COc1ncnc(NCC)c1CC. The molecule has 1 atom stereocenters. The van der Waals surface area contributed by atoms with Crippen LogP contribution in [0, 0.1) is 5.92 Å². The fraction of sp³-hybridized carbons (Fsp3) is 0.750. The third kappa shape index (κ3) is 4.99. The lowest BCUT2D eigenvalue weighted by atomic mass is 10.0. The van der Waals surface area contributed by atoms with Crippen LogP contribution in [0.5, 0.6) is 5.88 Å². The maximum Gasteiger partial charge on any atom is 0.221 e. The van der Waals surface area contributed by atoms with E-state index in [-0.39, 0.29) is 0 Å². The van der Waals surface area contributed by atoms with Crippen LogP contribution in [-0.2, 0) is 6.42 Å². The second-order valence-electron chi connectivity index (χ2n) is 5.12. The van der Waals surface area contributed by atoms with E-state index >= 15 is 0 Å². The van der Waals surface area contributed by atoms with E-state index in [0.29, 0.717) is 5.92 Å². The highest BCUT2D eigenvalue weighted by atomic mass is 16.5. The quantitative estimate of drug-likeness (QED) is 0.701. The van der Waals surface area contributed by atoms with Gasteiger partial charge in [-0.1, -0.05) is 40.0 Å². The maximum atomic E-state index is 5.97. The van der Waals surface area contributed by atoms with Gasteiger partial charge in [0.05, 0.1) is 12.2 Å². The average molecular weight is 279 g/mol. The standard InChI is InChI=1S/C16H29N3O/c1-5-9-10-13(6-2)11-20-16-14(7-3)15(17-8-4)18-12-19-16/h12-13H,5-11H2,1-4H3,(H,17,18,19). The van der Waals surface area contributed by atoms with Gasteiger partial charge in [-0.2, -0.15) is 0 Å². The monoisotopic (exact) mass is 279 g/mol. The fourth-order valence-electron chi connectivity index (χ4n) is 2.25. The van der Waals surface area contributed by atoms with Gasteiger partial charge in [-0.3, -0.25) is 0 Å². The molecule has 0 aliphatic rings. The molecule has 20 heavy (non-hydrogen) atoms. The molecule has 4 nitrogen and oxygen atoms in total. The van der Waals surface area contributed by atoms with Crippen molar-refractivity contribution in [2.45, 2.75) is 59.8 Å². The van der Waals surface area contributed by atoms with Crippen molar-refractivity contribution >= 4 is 5.82 Å². The molecule has 1 aromatic rings. The molecule has 114 valence electrons. The number of anilines is 1. The molecule has 0 radical (unpaired) electrons. The highest BCUT2D eigenvalue weighted by Crippen LogP contribution is 2.23. The van der Waals surface area contributed by atoms with Crippen LogP contribution in [0.1, 0.15) is 58.9 Å². The molecule has 0 amide bonds. The van der Waals surface area contributed by atoms with Crippen LogP contribution in [0.15, 0.2) is 6.33 Å². The van der Waals surface area contributed by atoms with Gasteiger partial charge in [-0.25, -0.2) is 9.97 Å². The van der Waals surface area contributed by atoms with E-state index in [0.717, 1.165) is 43.3 Å². The Labute approximate surface area is 123 Å². The van der Waals surface area contributed by atoms with Crippen LogP contribution in [0.3, 0.4) is 0 Å². The topological polar surface area (TPSA) is 47.0 Å². The van der Waals surface area contributed by atoms with Crippen molar-refractivity contribution < 1.29 is 4.74 Å². The molecule has 0 saturated carbocycles. The summed E-state index contributed by atoms with van der Waals surface area (Å²) >= 11 is 0. The molecular weight excluding hydrogens is 250 g/mol. The molecule has 0 aromatic carbocycles. The molecule has 1 N–H and O–H groups in total. The molecule has 1 heterocycles. The number of nitrogens with zero attached hydrogens (tertiary/aromatic N) is 2. The highest BCUT2D eigenvalue weighted by molar-refractivity contribution is 5.48. The Morgan fingerprint density at radius 3 is 2.60 bits per heavy atom. The zero-order valence-electron chi connectivity index (χ0n) is 13.4. The minimum absolute atomic E-state index is 0.622. The number of unbranched alkanes of at least 4 members (excludes halogenated alkanes) is 1. The molecule has 0 fully saturated rings. The van der Waals surface area contributed by atoms with Gasteiger partial charge >= 0.3 is 0 Å². The van der Waals surface area contributed by atoms with Gasteiger partial charge in [0.1, 0.15) is 12.1 Å². The van der Waals surface area contributed by atoms with Crippen LogP contribution in [0.4, 0.5) is 5.82 Å². The van der Waals surface area contributed by atoms with E-state index in [1.807, 2.05) is 0 Å². The van der Waals surface area contributed by atoms with E-state index in [1.54, 1.807) is 6.33 Å². The summed E-state index contributed by atoms with van der Waals surface area (Å²) in [6.07, 6.45) is 7.37. The largest absolute Gasteiger partial charge is 0.477 e. The predicted octanol–water partition coefficient (Wildman–Crippen LogP) is 4.07. The summed E-state index contributed by atoms with van der Waals surface area (Å²) in [4.78, 5) is 8.60. The summed E-state index contributed by atoms with van der Waals surface area (Å²) in [5.74, 6) is 2.27. The third-order valence-corrected chi connectivity index (χ3v) is 3.60. The first kappa shape index (κ1) is 16.7. The normalized spacial score (nSPS) is 12.2. The van der Waals surface area contributed by atoms with Gasteiger partial charge < -0.3 is 10.1 Å². The summed E-state index contributed by atoms with van der Waals surface area (Å²) in [5.41, 5.74) is 1.08. The van der Waals surface area contributed by atoms with Crippen LogP contribution < -0.4 is 10.1 Å². The molecule has 0 aliphatic carbocycles. The second-order valence-corrected chi connectivity index (χ2v) is 5.12. The minimum Gasteiger partial charge on any atom is -0.477 e. The van der Waals surface area contributed by atoms with Gasteiger partial charge in [0.2, 0.25) is 5.88 Å². The van der Waals surface area contributed by atoms with Crippen molar-refractivity contribution in [2.75, 3.05) is 18.5 Å². The minimum atomic E-state index is 0.622. The Kier molecular flexibility index (Phi) is 8.00. The lowest BCUT2D eigenvalue weighted by Crippen LogP contribution is -2.14. The molecular formula is C16H29N3O. The van der Waals surface area contributed by atoms with Gasteiger partial charge in [-0.05, 0) is 25.7 Å². The Morgan fingerprint density at radius 2 is 2.00 bits per heavy atom. The Hall–Kier alpha value is -1.32. The first-order valence-electron chi connectivity index (χ1n) is 7.97. The van der Waals surface area contributed by atoms with Gasteiger partial charge in [0, 0.05) is 6.54 Å². The van der Waals surface area contributed by atoms with E-state index in [2.05, 4.69) is 43.0 Å². The molecule has 4 heteroatoms. The summed E-state index contributed by atoms with van der Waals surface area (Å²) in [5, 5.41) is 3.27. The second kappa shape index (κ2) is 9.56. The first-order valence-corrected chi connectivity index (χ1v) is 7.97. The molecule has 1 rings (SSSR count). The van der Waals surface area contributed by atoms with Crippen LogP contribution >= 0.6 is 0 Å². The molecule has 1 unspecified atom stereocenters. The summed E-state index contributed by atoms with van der Waals surface area (Å²) < 4.78 is 5.97. The Balaban J connectivity index is 2.68. The van der Waals surface area contributed by atoms with E-state index in [4.69, 9.17) is 4.74 Å². The highest BCUT2D eigenvalue weighted by Gasteiger charge is 2.13. The van der Waals surface area contributed by atoms with Gasteiger partial charge in [-0.15, -0.1) is 0 Å². The lowest BCUT2D eigenvalue weighted by Gasteiger charge is -2.17. The molecule has 0 aliphatic heterocycles. The van der Waals surface area contributed by atoms with Gasteiger partial charge in [0.25, 0.3) is 0 Å². The summed E-state index contributed by atoms with van der Waals surface area (Å²) in [7, 11) is 0.